The number of alkyl halides is 1. The molecule has 2 N–H and O–H groups in total. The quantitative estimate of drug-likeness (QED) is 0.370. The normalized spacial score (nSPS) is 17.9. The first-order valence-electron chi connectivity index (χ1n) is 9.52. The molecule has 2 aromatic heterocycles. The summed E-state index contributed by atoms with van der Waals surface area (Å²) in [7, 11) is 1.65. The minimum absolute atomic E-state index is 0.00703. The van der Waals surface area contributed by atoms with Crippen LogP contribution in [0.4, 0.5) is 8.78 Å². The van der Waals surface area contributed by atoms with Crippen LogP contribution in [-0.4, -0.2) is 31.2 Å². The molecule has 5 nitrogen and oxygen atoms in total. The number of nitrogens with zero attached hydrogens (tertiary/aromatic N) is 2. The van der Waals surface area contributed by atoms with Crippen LogP contribution in [0.15, 0.2) is 52.5 Å². The molecule has 2 heterocycles. The second kappa shape index (κ2) is 7.39. The lowest BCUT2D eigenvalue weighted by atomic mass is 9.96. The maximum Gasteiger partial charge on any atom is 0.338 e. The number of benzene rings is 2. The molecule has 1 saturated carbocycles. The van der Waals surface area contributed by atoms with E-state index >= 15 is 0 Å². The Kier molecular flexibility index (Phi) is 4.79. The molecule has 1 fully saturated rings. The van der Waals surface area contributed by atoms with E-state index in [4.69, 9.17) is 11.6 Å². The summed E-state index contributed by atoms with van der Waals surface area (Å²) in [5.41, 5.74) is 2.33. The molecule has 1 aliphatic rings. The van der Waals surface area contributed by atoms with Gasteiger partial charge in [-0.2, -0.15) is 4.39 Å². The maximum atomic E-state index is 14.6. The van der Waals surface area contributed by atoms with Crippen LogP contribution < -0.4 is 0 Å². The van der Waals surface area contributed by atoms with Gasteiger partial charge in [0.1, 0.15) is 0 Å². The number of H-pyrrole nitrogens is 1. The van der Waals surface area contributed by atoms with Crippen molar-refractivity contribution in [1.82, 2.24) is 14.8 Å². The number of aromatic amines is 1. The number of aryl methyl sites for hydroxylation is 1. The Morgan fingerprint density at radius 2 is 2.06 bits per heavy atom. The number of carbonyl (C=O) groups is 1. The number of halogens is 3. The Balaban J connectivity index is 1.65. The number of nitrogens with one attached hydrogen (secondary N) is 1. The van der Waals surface area contributed by atoms with Gasteiger partial charge in [0.15, 0.2) is 5.82 Å². The number of aromatic carboxylic acids is 1. The molecule has 0 aliphatic heterocycles. The fourth-order valence-corrected chi connectivity index (χ4v) is 5.17. The predicted molar refractivity (Wildman–Crippen MR) is 115 cm³/mol. The van der Waals surface area contributed by atoms with Gasteiger partial charge in [-0.1, -0.05) is 30.0 Å². The second-order valence-electron chi connectivity index (χ2n) is 7.50. The second-order valence-corrected chi connectivity index (χ2v) is 9.14. The van der Waals surface area contributed by atoms with E-state index in [1.54, 1.807) is 19.4 Å². The van der Waals surface area contributed by atoms with E-state index in [2.05, 4.69) is 10.1 Å². The van der Waals surface area contributed by atoms with Crippen LogP contribution in [-0.2, 0) is 7.05 Å². The molecule has 2 aromatic carbocycles. The van der Waals surface area contributed by atoms with Crippen LogP contribution in [0.25, 0.3) is 22.0 Å². The molecule has 0 amide bonds. The third-order valence-electron chi connectivity index (χ3n) is 5.43. The van der Waals surface area contributed by atoms with E-state index in [-0.39, 0.29) is 21.8 Å². The lowest BCUT2D eigenvalue weighted by molar-refractivity contribution is 0.0691. The number of hydrogen-bond donors (Lipinski definition) is 2. The average Bonchev–Trinajstić information content (AvgIpc) is 3.15. The van der Waals surface area contributed by atoms with Gasteiger partial charge in [-0.05, 0) is 24.1 Å². The van der Waals surface area contributed by atoms with E-state index in [9.17, 15) is 18.7 Å². The number of carboxylic acids is 1. The molecule has 5 rings (SSSR count). The van der Waals surface area contributed by atoms with Gasteiger partial charge in [0.05, 0.1) is 16.6 Å². The van der Waals surface area contributed by atoms with E-state index in [0.717, 1.165) is 29.1 Å². The van der Waals surface area contributed by atoms with Gasteiger partial charge in [0, 0.05) is 51.5 Å². The molecular formula is C22H16ClF2N3O2S. The Morgan fingerprint density at radius 1 is 1.29 bits per heavy atom. The molecule has 0 saturated heterocycles. The first-order chi connectivity index (χ1) is 14.8. The summed E-state index contributed by atoms with van der Waals surface area (Å²) >= 11 is 7.41. The molecule has 9 heteroatoms. The number of aromatic nitrogens is 3. The number of carboxylic acid groups (broad SMARTS) is 1. The lowest BCUT2D eigenvalue weighted by Gasteiger charge is -2.10. The van der Waals surface area contributed by atoms with Crippen LogP contribution in [0.2, 0.25) is 0 Å². The monoisotopic (exact) mass is 459 g/mol. The molecule has 0 bridgehead atoms. The molecule has 0 radical (unpaired) electrons. The zero-order chi connectivity index (χ0) is 21.9. The summed E-state index contributed by atoms with van der Waals surface area (Å²) in [4.78, 5) is 15.3. The predicted octanol–water partition coefficient (Wildman–Crippen LogP) is 5.79. The van der Waals surface area contributed by atoms with Gasteiger partial charge in [0.25, 0.3) is 0 Å². The van der Waals surface area contributed by atoms with Crippen molar-refractivity contribution in [2.45, 2.75) is 27.5 Å². The van der Waals surface area contributed by atoms with Crippen molar-refractivity contribution in [2.75, 3.05) is 0 Å². The first-order valence-corrected chi connectivity index (χ1v) is 10.8. The highest BCUT2D eigenvalue weighted by Gasteiger charge is 2.39. The zero-order valence-electron chi connectivity index (χ0n) is 16.2. The Hall–Kier alpha value is -2.84. The van der Waals surface area contributed by atoms with E-state index in [0.29, 0.717) is 21.5 Å². The summed E-state index contributed by atoms with van der Waals surface area (Å²) in [6.45, 7) is 0. The zero-order valence-corrected chi connectivity index (χ0v) is 17.8. The number of fused-ring (bicyclic) bond motifs is 1. The minimum Gasteiger partial charge on any atom is -0.478 e. The van der Waals surface area contributed by atoms with E-state index < -0.39 is 17.7 Å². The van der Waals surface area contributed by atoms with Crippen LogP contribution in [0.5, 0.6) is 0 Å². The molecule has 4 aromatic rings. The van der Waals surface area contributed by atoms with Crippen molar-refractivity contribution < 1.29 is 18.7 Å². The standard InChI is InChI=1S/C22H16ClF2N3O2S/c1-28-9-14(21(25)27-28)18-10(13-7-15(13)23)5-6-11-17(8-26-20(11)18)31-16-4-2-3-12(19(16)24)22(29)30/h2-6,8-9,13,15,26H,7H2,1H3,(H,29,30). The lowest BCUT2D eigenvalue weighted by Crippen LogP contribution is -2.01. The average molecular weight is 460 g/mol. The summed E-state index contributed by atoms with van der Waals surface area (Å²) in [6.07, 6.45) is 4.16. The molecule has 1 aliphatic carbocycles. The van der Waals surface area contributed by atoms with E-state index in [1.165, 1.54) is 22.9 Å². The summed E-state index contributed by atoms with van der Waals surface area (Å²) < 4.78 is 30.7. The highest BCUT2D eigenvalue weighted by atomic mass is 35.5. The van der Waals surface area contributed by atoms with Crippen molar-refractivity contribution in [3.05, 3.63) is 65.6 Å². The number of rotatable bonds is 5. The fourth-order valence-electron chi connectivity index (χ4n) is 3.86. The third kappa shape index (κ3) is 3.40. The van der Waals surface area contributed by atoms with Gasteiger partial charge in [-0.3, -0.25) is 4.68 Å². The summed E-state index contributed by atoms with van der Waals surface area (Å²) in [5.74, 6) is -2.55. The van der Waals surface area contributed by atoms with Crippen LogP contribution in [0, 0.1) is 11.8 Å². The van der Waals surface area contributed by atoms with Gasteiger partial charge in [-0.25, -0.2) is 9.18 Å². The third-order valence-corrected chi connectivity index (χ3v) is 7.00. The molecule has 158 valence electrons. The Morgan fingerprint density at radius 3 is 2.71 bits per heavy atom. The summed E-state index contributed by atoms with van der Waals surface area (Å²) in [6, 6.07) is 8.10. The van der Waals surface area contributed by atoms with Gasteiger partial charge in [-0.15, -0.1) is 16.7 Å². The van der Waals surface area contributed by atoms with Crippen molar-refractivity contribution in [3.63, 3.8) is 0 Å². The van der Waals surface area contributed by atoms with Crippen molar-refractivity contribution >= 4 is 40.2 Å². The molecule has 2 atom stereocenters. The van der Waals surface area contributed by atoms with Gasteiger partial charge in [0.2, 0.25) is 5.95 Å². The fraction of sp³-hybridized carbons (Fsp3) is 0.182. The van der Waals surface area contributed by atoms with E-state index in [1.807, 2.05) is 12.1 Å². The maximum absolute atomic E-state index is 14.6. The molecule has 31 heavy (non-hydrogen) atoms. The largest absolute Gasteiger partial charge is 0.478 e. The Bertz CT molecular complexity index is 1350. The summed E-state index contributed by atoms with van der Waals surface area (Å²) in [5, 5.41) is 13.8. The van der Waals surface area contributed by atoms with Gasteiger partial charge >= 0.3 is 5.97 Å². The smallest absolute Gasteiger partial charge is 0.338 e. The number of hydrogen-bond acceptors (Lipinski definition) is 3. The van der Waals surface area contributed by atoms with Crippen molar-refractivity contribution in [3.8, 4) is 11.1 Å². The van der Waals surface area contributed by atoms with Crippen molar-refractivity contribution in [1.29, 1.82) is 0 Å². The molecule has 0 spiro atoms. The first kappa shape index (κ1) is 20.1. The SMILES string of the molecule is Cn1cc(-c2c(C3CC3Cl)ccc3c(Sc4cccc(C(=O)O)c4F)c[nH]c23)c(F)n1. The highest BCUT2D eigenvalue weighted by molar-refractivity contribution is 7.99. The highest BCUT2D eigenvalue weighted by Crippen LogP contribution is 2.51. The van der Waals surface area contributed by atoms with Crippen LogP contribution >= 0.6 is 23.4 Å². The van der Waals surface area contributed by atoms with Crippen LogP contribution in [0.1, 0.15) is 28.3 Å². The Labute approximate surface area is 185 Å². The van der Waals surface area contributed by atoms with Gasteiger partial charge < -0.3 is 10.1 Å². The van der Waals surface area contributed by atoms with Crippen molar-refractivity contribution in [2.24, 2.45) is 7.05 Å². The molecular weight excluding hydrogens is 444 g/mol. The molecule has 2 unspecified atom stereocenters. The van der Waals surface area contributed by atoms with Crippen LogP contribution in [0.3, 0.4) is 0 Å². The topological polar surface area (TPSA) is 70.9 Å². The minimum atomic E-state index is -1.32.